The molecule has 0 aromatic rings. The summed E-state index contributed by atoms with van der Waals surface area (Å²) in [6.45, 7) is 7.68. The van der Waals surface area contributed by atoms with E-state index < -0.39 is 53.8 Å². The maximum atomic E-state index is 14.0. The molecular formula is C21H32FNO7. The van der Waals surface area contributed by atoms with Crippen molar-refractivity contribution in [1.29, 1.82) is 0 Å². The van der Waals surface area contributed by atoms with E-state index in [1.807, 2.05) is 0 Å². The van der Waals surface area contributed by atoms with E-state index in [2.05, 4.69) is 20.8 Å². The minimum absolute atomic E-state index is 0.0963. The number of nitrogens with two attached hydrogens (primary N) is 1. The molecule has 30 heavy (non-hydrogen) atoms. The maximum absolute atomic E-state index is 14.0. The minimum atomic E-state index is -2.08. The summed E-state index contributed by atoms with van der Waals surface area (Å²) in [6.07, 6.45) is -1.33. The molecule has 170 valence electrons. The van der Waals surface area contributed by atoms with Crippen molar-refractivity contribution in [3.05, 3.63) is 0 Å². The predicted octanol–water partition coefficient (Wildman–Crippen LogP) is 2.88. The second-order valence-corrected chi connectivity index (χ2v) is 9.51. The third-order valence-electron chi connectivity index (χ3n) is 7.11. The fourth-order valence-electron chi connectivity index (χ4n) is 5.36. The lowest BCUT2D eigenvalue weighted by molar-refractivity contribution is -0.173. The number of ether oxygens (including phenoxy) is 3. The lowest BCUT2D eigenvalue weighted by Gasteiger charge is -2.36. The quantitative estimate of drug-likeness (QED) is 0.488. The number of halogens is 1. The number of hydrogen-bond acceptors (Lipinski definition) is 7. The second-order valence-electron chi connectivity index (χ2n) is 9.51. The topological polar surface area (TPSA) is 125 Å². The molecule has 3 aliphatic rings. The van der Waals surface area contributed by atoms with Crippen LogP contribution in [-0.2, 0) is 23.8 Å². The van der Waals surface area contributed by atoms with Crippen LogP contribution in [0.2, 0.25) is 0 Å². The van der Waals surface area contributed by atoms with E-state index in [0.29, 0.717) is 11.8 Å². The molecule has 3 N–H and O–H groups in total. The van der Waals surface area contributed by atoms with E-state index in [-0.39, 0.29) is 18.4 Å². The van der Waals surface area contributed by atoms with Crippen molar-refractivity contribution in [2.45, 2.75) is 77.5 Å². The highest BCUT2D eigenvalue weighted by atomic mass is 19.1. The molecule has 3 aliphatic carbocycles. The Morgan fingerprint density at radius 1 is 1.13 bits per heavy atom. The SMILES string of the molecule is CC(C)[C@@H]1CC[C@@H](C)C[C@H]1OC(=O)O[C@H](C)OC(=O)[C@H]1[C@@H]2C[C@H](F)[C@@](N)(C(=O)O)[C@@H]21. The summed E-state index contributed by atoms with van der Waals surface area (Å²) in [7, 11) is 0. The molecule has 0 radical (unpaired) electrons. The van der Waals surface area contributed by atoms with E-state index in [1.165, 1.54) is 6.92 Å². The van der Waals surface area contributed by atoms with Crippen molar-refractivity contribution in [1.82, 2.24) is 0 Å². The van der Waals surface area contributed by atoms with Gasteiger partial charge in [0.15, 0.2) is 0 Å². The zero-order valence-corrected chi connectivity index (χ0v) is 17.9. The van der Waals surface area contributed by atoms with Crippen LogP contribution in [0.15, 0.2) is 0 Å². The van der Waals surface area contributed by atoms with E-state index in [4.69, 9.17) is 19.9 Å². The van der Waals surface area contributed by atoms with Crippen LogP contribution in [0.4, 0.5) is 9.18 Å². The number of carbonyl (C=O) groups excluding carboxylic acids is 2. The van der Waals surface area contributed by atoms with Crippen LogP contribution in [0.5, 0.6) is 0 Å². The largest absolute Gasteiger partial charge is 0.511 e. The lowest BCUT2D eigenvalue weighted by atomic mass is 9.75. The van der Waals surface area contributed by atoms with Crippen molar-refractivity contribution in [2.75, 3.05) is 0 Å². The van der Waals surface area contributed by atoms with Crippen LogP contribution in [0.1, 0.15) is 53.4 Å². The van der Waals surface area contributed by atoms with Gasteiger partial charge in [0, 0.05) is 12.8 Å². The monoisotopic (exact) mass is 429 g/mol. The highest BCUT2D eigenvalue weighted by molar-refractivity contribution is 5.86. The maximum Gasteiger partial charge on any atom is 0.511 e. The Morgan fingerprint density at radius 3 is 2.40 bits per heavy atom. The third kappa shape index (κ3) is 4.13. The smallest absolute Gasteiger partial charge is 0.480 e. The molecule has 0 unspecified atom stereocenters. The van der Waals surface area contributed by atoms with Crippen LogP contribution in [-0.4, -0.2) is 47.3 Å². The van der Waals surface area contributed by atoms with Gasteiger partial charge in [0.05, 0.1) is 5.92 Å². The fraction of sp³-hybridized carbons (Fsp3) is 0.857. The van der Waals surface area contributed by atoms with Gasteiger partial charge < -0.3 is 25.1 Å². The summed E-state index contributed by atoms with van der Waals surface area (Å²) in [6, 6.07) is 0. The summed E-state index contributed by atoms with van der Waals surface area (Å²) in [5.74, 6) is -3.22. The molecule has 0 saturated heterocycles. The third-order valence-corrected chi connectivity index (χ3v) is 7.11. The molecule has 0 aromatic carbocycles. The van der Waals surface area contributed by atoms with Crippen LogP contribution >= 0.6 is 0 Å². The number of rotatable bonds is 6. The summed E-state index contributed by atoms with van der Waals surface area (Å²) in [4.78, 5) is 36.0. The molecule has 0 bridgehead atoms. The minimum Gasteiger partial charge on any atom is -0.480 e. The normalized spacial score (nSPS) is 41.0. The van der Waals surface area contributed by atoms with Gasteiger partial charge in [0.1, 0.15) is 17.8 Å². The van der Waals surface area contributed by atoms with Gasteiger partial charge in [0.25, 0.3) is 0 Å². The molecular weight excluding hydrogens is 397 g/mol. The predicted molar refractivity (Wildman–Crippen MR) is 103 cm³/mol. The molecule has 0 aliphatic heterocycles. The Labute approximate surface area is 175 Å². The Balaban J connectivity index is 1.50. The number of carboxylic acid groups (broad SMARTS) is 1. The molecule has 0 spiro atoms. The Kier molecular flexibility index (Phi) is 6.32. The van der Waals surface area contributed by atoms with Gasteiger partial charge in [-0.15, -0.1) is 0 Å². The average Bonchev–Trinajstić information content (AvgIpc) is 3.27. The van der Waals surface area contributed by atoms with Crippen LogP contribution in [0, 0.1) is 35.5 Å². The molecule has 0 amide bonds. The number of carboxylic acids is 1. The Morgan fingerprint density at radius 2 is 1.80 bits per heavy atom. The van der Waals surface area contributed by atoms with E-state index in [0.717, 1.165) is 19.3 Å². The van der Waals surface area contributed by atoms with Crippen molar-refractivity contribution in [3.8, 4) is 0 Å². The molecule has 3 saturated carbocycles. The van der Waals surface area contributed by atoms with Gasteiger partial charge in [-0.05, 0) is 42.9 Å². The zero-order chi connectivity index (χ0) is 22.4. The van der Waals surface area contributed by atoms with Gasteiger partial charge in [0.2, 0.25) is 6.29 Å². The van der Waals surface area contributed by atoms with Crippen molar-refractivity contribution in [3.63, 3.8) is 0 Å². The summed E-state index contributed by atoms with van der Waals surface area (Å²) >= 11 is 0. The van der Waals surface area contributed by atoms with Gasteiger partial charge in [-0.1, -0.05) is 27.2 Å². The molecule has 0 heterocycles. The molecule has 3 rings (SSSR count). The Bertz CT molecular complexity index is 701. The number of aliphatic carboxylic acids is 1. The first kappa shape index (κ1) is 22.8. The van der Waals surface area contributed by atoms with Gasteiger partial charge in [-0.3, -0.25) is 9.59 Å². The zero-order valence-electron chi connectivity index (χ0n) is 17.9. The standard InChI is InChI=1S/C21H32FNO7/c1-9(2)12-6-5-10(3)7-14(12)30-20(27)29-11(4)28-18(24)16-13-8-15(22)21(23,17(13)16)19(25)26/h9-17H,5-8,23H2,1-4H3,(H,25,26)/t10-,11-,12+,13+,14-,15+,16+,17+,21+/m1/s1. The van der Waals surface area contributed by atoms with Gasteiger partial charge >= 0.3 is 18.1 Å². The van der Waals surface area contributed by atoms with Crippen molar-refractivity contribution < 1.29 is 38.1 Å². The molecule has 3 fully saturated rings. The number of fused-ring (bicyclic) bond motifs is 1. The first-order chi connectivity index (χ1) is 14.0. The van der Waals surface area contributed by atoms with E-state index >= 15 is 0 Å². The average molecular weight is 429 g/mol. The first-order valence-electron chi connectivity index (χ1n) is 10.7. The molecule has 9 atom stereocenters. The number of esters is 1. The lowest BCUT2D eigenvalue weighted by Crippen LogP contribution is -2.56. The van der Waals surface area contributed by atoms with Gasteiger partial charge in [-0.25, -0.2) is 9.18 Å². The second kappa shape index (κ2) is 8.32. The van der Waals surface area contributed by atoms with Crippen LogP contribution in [0.25, 0.3) is 0 Å². The molecule has 0 aromatic heterocycles. The first-order valence-corrected chi connectivity index (χ1v) is 10.7. The number of alkyl halides is 1. The van der Waals surface area contributed by atoms with Crippen molar-refractivity contribution in [2.24, 2.45) is 41.2 Å². The van der Waals surface area contributed by atoms with E-state index in [9.17, 15) is 23.9 Å². The van der Waals surface area contributed by atoms with Gasteiger partial charge in [-0.2, -0.15) is 0 Å². The highest BCUT2D eigenvalue weighted by Gasteiger charge is 2.75. The summed E-state index contributed by atoms with van der Waals surface area (Å²) in [5, 5.41) is 9.27. The number of hydrogen-bond donors (Lipinski definition) is 2. The summed E-state index contributed by atoms with van der Waals surface area (Å²) < 4.78 is 29.7. The van der Waals surface area contributed by atoms with Crippen LogP contribution < -0.4 is 5.73 Å². The number of carbonyl (C=O) groups is 3. The summed E-state index contributed by atoms with van der Waals surface area (Å²) in [5.41, 5.74) is 3.65. The van der Waals surface area contributed by atoms with Crippen LogP contribution in [0.3, 0.4) is 0 Å². The molecule has 8 nitrogen and oxygen atoms in total. The molecule has 9 heteroatoms. The van der Waals surface area contributed by atoms with E-state index in [1.54, 1.807) is 0 Å². The Hall–Kier alpha value is -1.90. The highest BCUT2D eigenvalue weighted by Crippen LogP contribution is 2.62. The van der Waals surface area contributed by atoms with Crippen molar-refractivity contribution >= 4 is 18.1 Å². The fourth-order valence-corrected chi connectivity index (χ4v) is 5.36.